The van der Waals surface area contributed by atoms with Gasteiger partial charge in [0, 0.05) is 25.7 Å². The summed E-state index contributed by atoms with van der Waals surface area (Å²) in [6, 6.07) is 0.146. The number of carbonyl (C=O) groups excluding carboxylic acids is 1. The molecule has 0 aromatic carbocycles. The highest BCUT2D eigenvalue weighted by molar-refractivity contribution is 5.81. The number of rotatable bonds is 3. The molecule has 2 aliphatic carbocycles. The summed E-state index contributed by atoms with van der Waals surface area (Å²) in [7, 11) is 0. The first kappa shape index (κ1) is 14.9. The summed E-state index contributed by atoms with van der Waals surface area (Å²) in [5.41, 5.74) is 6.36. The number of fused-ring (bicyclic) bond motifs is 2. The van der Waals surface area contributed by atoms with Crippen LogP contribution < -0.4 is 5.73 Å². The highest BCUT2D eigenvalue weighted by Crippen LogP contribution is 2.48. The fourth-order valence-corrected chi connectivity index (χ4v) is 5.60. The van der Waals surface area contributed by atoms with E-state index >= 15 is 0 Å². The number of amides is 1. The van der Waals surface area contributed by atoms with Gasteiger partial charge in [0.15, 0.2) is 0 Å². The standard InChI is InChI=1S/C18H31N3O/c19-17-15-5-4-14(10-15)16(17)18(22)21-9-6-13(12-21)11-20-7-2-1-3-8-20/h13-17H,1-12,19H2. The minimum Gasteiger partial charge on any atom is -0.342 e. The Morgan fingerprint density at radius 3 is 2.50 bits per heavy atom. The van der Waals surface area contributed by atoms with Crippen molar-refractivity contribution in [2.75, 3.05) is 32.7 Å². The van der Waals surface area contributed by atoms with E-state index < -0.39 is 0 Å². The van der Waals surface area contributed by atoms with Crippen molar-refractivity contribution in [1.29, 1.82) is 0 Å². The quantitative estimate of drug-likeness (QED) is 0.863. The SMILES string of the molecule is NC1C2CCC(C2)C1C(=O)N1CCC(CN2CCCCC2)C1. The molecule has 124 valence electrons. The summed E-state index contributed by atoms with van der Waals surface area (Å²) in [5.74, 6) is 2.45. The predicted molar refractivity (Wildman–Crippen MR) is 87.3 cm³/mol. The van der Waals surface area contributed by atoms with Crippen LogP contribution in [0.3, 0.4) is 0 Å². The van der Waals surface area contributed by atoms with E-state index in [1.165, 1.54) is 64.6 Å². The second-order valence-corrected chi connectivity index (χ2v) is 8.24. The molecule has 22 heavy (non-hydrogen) atoms. The van der Waals surface area contributed by atoms with Crippen molar-refractivity contribution >= 4 is 5.91 Å². The molecule has 0 aromatic heterocycles. The molecule has 5 atom stereocenters. The number of hydrogen-bond donors (Lipinski definition) is 1. The molecule has 0 aromatic rings. The van der Waals surface area contributed by atoms with Gasteiger partial charge in [0.05, 0.1) is 5.92 Å². The highest BCUT2D eigenvalue weighted by atomic mass is 16.2. The van der Waals surface area contributed by atoms with Crippen LogP contribution in [0.15, 0.2) is 0 Å². The molecule has 2 aliphatic heterocycles. The van der Waals surface area contributed by atoms with Crippen molar-refractivity contribution in [1.82, 2.24) is 9.80 Å². The molecule has 2 saturated heterocycles. The van der Waals surface area contributed by atoms with E-state index in [1.54, 1.807) is 0 Å². The Balaban J connectivity index is 1.31. The van der Waals surface area contributed by atoms with Crippen LogP contribution in [-0.2, 0) is 4.79 Å². The molecule has 4 heteroatoms. The van der Waals surface area contributed by atoms with Gasteiger partial charge in [0.25, 0.3) is 0 Å². The van der Waals surface area contributed by atoms with Crippen molar-refractivity contribution < 1.29 is 4.79 Å². The minimum absolute atomic E-state index is 0.146. The van der Waals surface area contributed by atoms with Gasteiger partial charge in [0.1, 0.15) is 0 Å². The maximum atomic E-state index is 12.9. The van der Waals surface area contributed by atoms with Crippen molar-refractivity contribution in [3.63, 3.8) is 0 Å². The lowest BCUT2D eigenvalue weighted by atomic mass is 9.84. The van der Waals surface area contributed by atoms with E-state index in [4.69, 9.17) is 5.73 Å². The van der Waals surface area contributed by atoms with E-state index in [2.05, 4.69) is 9.80 Å². The van der Waals surface area contributed by atoms with Gasteiger partial charge in [-0.25, -0.2) is 0 Å². The topological polar surface area (TPSA) is 49.6 Å². The molecular formula is C18H31N3O. The van der Waals surface area contributed by atoms with Crippen LogP contribution in [0.4, 0.5) is 0 Å². The average Bonchev–Trinajstić information content (AvgIpc) is 3.23. The zero-order valence-corrected chi connectivity index (χ0v) is 13.8. The highest BCUT2D eigenvalue weighted by Gasteiger charge is 2.50. The monoisotopic (exact) mass is 305 g/mol. The van der Waals surface area contributed by atoms with Gasteiger partial charge < -0.3 is 15.5 Å². The zero-order valence-electron chi connectivity index (χ0n) is 13.8. The Hall–Kier alpha value is -0.610. The maximum Gasteiger partial charge on any atom is 0.227 e. The molecular weight excluding hydrogens is 274 g/mol. The van der Waals surface area contributed by atoms with E-state index in [0.29, 0.717) is 23.7 Å². The third-order valence-electron chi connectivity index (χ3n) is 6.83. The van der Waals surface area contributed by atoms with Gasteiger partial charge in [-0.3, -0.25) is 4.79 Å². The Morgan fingerprint density at radius 1 is 1.00 bits per heavy atom. The number of hydrogen-bond acceptors (Lipinski definition) is 3. The molecule has 2 bridgehead atoms. The van der Waals surface area contributed by atoms with Gasteiger partial charge in [0.2, 0.25) is 5.91 Å². The predicted octanol–water partition coefficient (Wildman–Crippen LogP) is 1.69. The summed E-state index contributed by atoms with van der Waals surface area (Å²) in [5, 5.41) is 0. The van der Waals surface area contributed by atoms with Crippen molar-refractivity contribution in [3.8, 4) is 0 Å². The summed E-state index contributed by atoms with van der Waals surface area (Å²) in [6.45, 7) is 5.68. The number of carbonyl (C=O) groups is 1. The van der Waals surface area contributed by atoms with E-state index in [1.807, 2.05) is 0 Å². The largest absolute Gasteiger partial charge is 0.342 e. The third kappa shape index (κ3) is 2.69. The first-order chi connectivity index (χ1) is 10.7. The van der Waals surface area contributed by atoms with Gasteiger partial charge >= 0.3 is 0 Å². The lowest BCUT2D eigenvalue weighted by molar-refractivity contribution is -0.136. The molecule has 0 radical (unpaired) electrons. The molecule has 2 heterocycles. The van der Waals surface area contributed by atoms with Gasteiger partial charge in [-0.1, -0.05) is 6.42 Å². The third-order valence-corrected chi connectivity index (χ3v) is 6.83. The van der Waals surface area contributed by atoms with Crippen molar-refractivity contribution in [2.24, 2.45) is 29.4 Å². The molecule has 2 saturated carbocycles. The summed E-state index contributed by atoms with van der Waals surface area (Å²) >= 11 is 0. The molecule has 4 aliphatic rings. The maximum absolute atomic E-state index is 12.9. The summed E-state index contributed by atoms with van der Waals surface area (Å²) in [4.78, 5) is 17.7. The van der Waals surface area contributed by atoms with Crippen molar-refractivity contribution in [3.05, 3.63) is 0 Å². The summed E-state index contributed by atoms with van der Waals surface area (Å²) in [6.07, 6.45) is 9.01. The van der Waals surface area contributed by atoms with Crippen LogP contribution in [0.2, 0.25) is 0 Å². The zero-order chi connectivity index (χ0) is 15.1. The van der Waals surface area contributed by atoms with Crippen molar-refractivity contribution in [2.45, 2.75) is 51.0 Å². The van der Waals surface area contributed by atoms with Crippen LogP contribution >= 0.6 is 0 Å². The van der Waals surface area contributed by atoms with Gasteiger partial charge in [-0.05, 0) is 69.4 Å². The number of nitrogens with zero attached hydrogens (tertiary/aromatic N) is 2. The lowest BCUT2D eigenvalue weighted by Crippen LogP contribution is -2.46. The number of nitrogens with two attached hydrogens (primary N) is 1. The summed E-state index contributed by atoms with van der Waals surface area (Å²) < 4.78 is 0. The van der Waals surface area contributed by atoms with Gasteiger partial charge in [-0.15, -0.1) is 0 Å². The fraction of sp³-hybridized carbons (Fsp3) is 0.944. The molecule has 4 nitrogen and oxygen atoms in total. The van der Waals surface area contributed by atoms with Crippen LogP contribution in [-0.4, -0.2) is 54.5 Å². The van der Waals surface area contributed by atoms with E-state index in [-0.39, 0.29) is 12.0 Å². The molecule has 0 spiro atoms. The van der Waals surface area contributed by atoms with Gasteiger partial charge in [-0.2, -0.15) is 0 Å². The second kappa shape index (κ2) is 6.12. The van der Waals surface area contributed by atoms with Crippen LogP contribution in [0.25, 0.3) is 0 Å². The Labute approximate surface area is 134 Å². The minimum atomic E-state index is 0.146. The molecule has 4 rings (SSSR count). The lowest BCUT2D eigenvalue weighted by Gasteiger charge is -2.31. The Morgan fingerprint density at radius 2 is 1.77 bits per heavy atom. The number of likely N-dealkylation sites (tertiary alicyclic amines) is 2. The molecule has 1 amide bonds. The number of piperidine rings is 1. The average molecular weight is 305 g/mol. The fourth-order valence-electron chi connectivity index (χ4n) is 5.60. The molecule has 2 N–H and O–H groups in total. The van der Waals surface area contributed by atoms with Crippen LogP contribution in [0, 0.1) is 23.7 Å². The molecule has 4 fully saturated rings. The normalized spacial score (nSPS) is 42.2. The van der Waals surface area contributed by atoms with E-state index in [0.717, 1.165) is 13.1 Å². The first-order valence-corrected chi connectivity index (χ1v) is 9.49. The Bertz CT molecular complexity index is 419. The van der Waals surface area contributed by atoms with Crippen LogP contribution in [0.1, 0.15) is 44.9 Å². The molecule has 5 unspecified atom stereocenters. The van der Waals surface area contributed by atoms with Crippen LogP contribution in [0.5, 0.6) is 0 Å². The second-order valence-electron chi connectivity index (χ2n) is 8.24. The Kier molecular flexibility index (Phi) is 4.16. The smallest absolute Gasteiger partial charge is 0.227 e. The van der Waals surface area contributed by atoms with E-state index in [9.17, 15) is 4.79 Å². The first-order valence-electron chi connectivity index (χ1n) is 9.49.